The topological polar surface area (TPSA) is 3.24 Å². The number of benzene rings is 3. The van der Waals surface area contributed by atoms with Crippen LogP contribution in [0.3, 0.4) is 0 Å². The van der Waals surface area contributed by atoms with Crippen molar-refractivity contribution in [2.24, 2.45) is 0 Å². The van der Waals surface area contributed by atoms with Crippen molar-refractivity contribution >= 4 is 23.4 Å². The lowest BCUT2D eigenvalue weighted by molar-refractivity contribution is 0.114. The van der Waals surface area contributed by atoms with Gasteiger partial charge in [-0.1, -0.05) is 79.2 Å². The van der Waals surface area contributed by atoms with Crippen molar-refractivity contribution in [3.63, 3.8) is 0 Å². The SMILES string of the molecule is C[C@H](c1cccc2ccccc12)N(CCS)C1CCCC(c2ccccc2)C1. The molecule has 1 aliphatic carbocycles. The molecule has 1 nitrogen and oxygen atoms in total. The van der Waals surface area contributed by atoms with Gasteiger partial charge in [-0.2, -0.15) is 12.6 Å². The molecule has 0 amide bonds. The Hall–Kier alpha value is -1.77. The van der Waals surface area contributed by atoms with Crippen LogP contribution in [0.5, 0.6) is 0 Å². The number of fused-ring (bicyclic) bond motifs is 1. The van der Waals surface area contributed by atoms with E-state index in [2.05, 4.69) is 97.2 Å². The van der Waals surface area contributed by atoms with Gasteiger partial charge in [0, 0.05) is 24.4 Å². The summed E-state index contributed by atoms with van der Waals surface area (Å²) in [5.41, 5.74) is 2.96. The summed E-state index contributed by atoms with van der Waals surface area (Å²) in [4.78, 5) is 2.73. The van der Waals surface area contributed by atoms with Crippen molar-refractivity contribution in [1.82, 2.24) is 4.90 Å². The Morgan fingerprint density at radius 3 is 2.50 bits per heavy atom. The highest BCUT2D eigenvalue weighted by Crippen LogP contribution is 2.38. The first-order valence-corrected chi connectivity index (χ1v) is 11.3. The molecule has 146 valence electrons. The molecule has 0 aromatic heterocycles. The van der Waals surface area contributed by atoms with Crippen LogP contribution in [0.15, 0.2) is 72.8 Å². The molecule has 4 rings (SSSR count). The fraction of sp³-hybridized carbons (Fsp3) is 0.385. The molecule has 1 aliphatic rings. The molecule has 1 fully saturated rings. The Morgan fingerprint density at radius 1 is 0.929 bits per heavy atom. The van der Waals surface area contributed by atoms with Gasteiger partial charge in [-0.05, 0) is 54.0 Å². The van der Waals surface area contributed by atoms with Crippen molar-refractivity contribution in [1.29, 1.82) is 0 Å². The molecule has 28 heavy (non-hydrogen) atoms. The average molecular weight is 390 g/mol. The zero-order valence-electron chi connectivity index (χ0n) is 16.8. The summed E-state index contributed by atoms with van der Waals surface area (Å²) >= 11 is 4.61. The van der Waals surface area contributed by atoms with Crippen LogP contribution < -0.4 is 0 Å². The highest BCUT2D eigenvalue weighted by molar-refractivity contribution is 7.80. The van der Waals surface area contributed by atoms with E-state index in [1.165, 1.54) is 47.6 Å². The number of hydrogen-bond donors (Lipinski definition) is 1. The summed E-state index contributed by atoms with van der Waals surface area (Å²) in [6.45, 7) is 3.43. The molecule has 3 aromatic rings. The third-order valence-electron chi connectivity index (χ3n) is 6.52. The van der Waals surface area contributed by atoms with Gasteiger partial charge in [0.25, 0.3) is 0 Å². The summed E-state index contributed by atoms with van der Waals surface area (Å²) in [7, 11) is 0. The lowest BCUT2D eigenvalue weighted by Gasteiger charge is -2.41. The van der Waals surface area contributed by atoms with E-state index in [9.17, 15) is 0 Å². The molecule has 0 radical (unpaired) electrons. The normalized spacial score (nSPS) is 21.1. The average Bonchev–Trinajstić information content (AvgIpc) is 2.77. The Kier molecular flexibility index (Phi) is 6.39. The summed E-state index contributed by atoms with van der Waals surface area (Å²) in [5, 5.41) is 2.72. The molecule has 2 heteroatoms. The van der Waals surface area contributed by atoms with Crippen LogP contribution in [0.2, 0.25) is 0 Å². The van der Waals surface area contributed by atoms with Crippen LogP contribution in [-0.2, 0) is 0 Å². The third kappa shape index (κ3) is 4.14. The first-order valence-electron chi connectivity index (χ1n) is 10.7. The Morgan fingerprint density at radius 2 is 1.68 bits per heavy atom. The van der Waals surface area contributed by atoms with E-state index >= 15 is 0 Å². The monoisotopic (exact) mass is 389 g/mol. The summed E-state index contributed by atoms with van der Waals surface area (Å²) < 4.78 is 0. The van der Waals surface area contributed by atoms with Gasteiger partial charge < -0.3 is 0 Å². The molecule has 0 N–H and O–H groups in total. The van der Waals surface area contributed by atoms with Crippen molar-refractivity contribution in [2.45, 2.75) is 50.6 Å². The first-order chi connectivity index (χ1) is 13.8. The maximum Gasteiger partial charge on any atom is 0.0329 e. The second-order valence-corrected chi connectivity index (χ2v) is 8.58. The zero-order chi connectivity index (χ0) is 19.3. The second kappa shape index (κ2) is 9.15. The fourth-order valence-electron chi connectivity index (χ4n) is 5.09. The van der Waals surface area contributed by atoms with E-state index in [1.54, 1.807) is 0 Å². The van der Waals surface area contributed by atoms with Crippen LogP contribution in [0.1, 0.15) is 55.7 Å². The fourth-order valence-corrected chi connectivity index (χ4v) is 5.33. The number of rotatable bonds is 6. The molecular weight excluding hydrogens is 358 g/mol. The number of hydrogen-bond acceptors (Lipinski definition) is 2. The molecule has 0 spiro atoms. The molecule has 0 heterocycles. The second-order valence-electron chi connectivity index (χ2n) is 8.13. The quantitative estimate of drug-likeness (QED) is 0.451. The summed E-state index contributed by atoms with van der Waals surface area (Å²) in [6.07, 6.45) is 5.19. The summed E-state index contributed by atoms with van der Waals surface area (Å²) in [5.74, 6) is 1.59. The van der Waals surface area contributed by atoms with E-state index in [-0.39, 0.29) is 0 Å². The Balaban J connectivity index is 1.61. The lowest BCUT2D eigenvalue weighted by Crippen LogP contribution is -2.41. The van der Waals surface area contributed by atoms with Gasteiger partial charge in [0.2, 0.25) is 0 Å². The molecule has 3 aromatic carbocycles. The molecule has 2 unspecified atom stereocenters. The van der Waals surface area contributed by atoms with E-state index in [1.807, 2.05) is 0 Å². The molecule has 0 bridgehead atoms. The maximum absolute atomic E-state index is 4.61. The van der Waals surface area contributed by atoms with Crippen LogP contribution in [0.4, 0.5) is 0 Å². The van der Waals surface area contributed by atoms with E-state index in [4.69, 9.17) is 0 Å². The minimum Gasteiger partial charge on any atom is -0.293 e. The predicted molar refractivity (Wildman–Crippen MR) is 124 cm³/mol. The standard InChI is InChI=1S/C26H31NS/c1-20(25-16-8-12-22-11-5-6-15-26(22)25)27(17-18-28)24-14-7-13-23(19-24)21-9-3-2-4-10-21/h2-6,8-12,15-16,20,23-24,28H,7,13-14,17-19H2,1H3/t20-,23?,24?/m1/s1. The molecule has 0 saturated heterocycles. The van der Waals surface area contributed by atoms with Gasteiger partial charge in [-0.3, -0.25) is 4.90 Å². The van der Waals surface area contributed by atoms with Crippen molar-refractivity contribution in [2.75, 3.05) is 12.3 Å². The highest BCUT2D eigenvalue weighted by atomic mass is 32.1. The lowest BCUT2D eigenvalue weighted by atomic mass is 9.80. The Bertz CT molecular complexity index is 886. The van der Waals surface area contributed by atoms with Crippen molar-refractivity contribution < 1.29 is 0 Å². The van der Waals surface area contributed by atoms with E-state index < -0.39 is 0 Å². The highest BCUT2D eigenvalue weighted by Gasteiger charge is 2.30. The predicted octanol–water partition coefficient (Wildman–Crippen LogP) is 6.86. The molecule has 3 atom stereocenters. The van der Waals surface area contributed by atoms with Gasteiger partial charge in [0.15, 0.2) is 0 Å². The molecule has 1 saturated carbocycles. The minimum atomic E-state index is 0.401. The van der Waals surface area contributed by atoms with Crippen LogP contribution >= 0.6 is 12.6 Å². The van der Waals surface area contributed by atoms with Crippen molar-refractivity contribution in [3.8, 4) is 0 Å². The van der Waals surface area contributed by atoms with Crippen LogP contribution in [0, 0.1) is 0 Å². The van der Waals surface area contributed by atoms with Gasteiger partial charge in [-0.15, -0.1) is 0 Å². The van der Waals surface area contributed by atoms with Gasteiger partial charge in [0.05, 0.1) is 0 Å². The van der Waals surface area contributed by atoms with Crippen LogP contribution in [-0.4, -0.2) is 23.2 Å². The molecule has 0 aliphatic heterocycles. The Labute approximate surface area is 175 Å². The van der Waals surface area contributed by atoms with Gasteiger partial charge >= 0.3 is 0 Å². The number of nitrogens with zero attached hydrogens (tertiary/aromatic N) is 1. The van der Waals surface area contributed by atoms with Gasteiger partial charge in [-0.25, -0.2) is 0 Å². The maximum atomic E-state index is 4.61. The minimum absolute atomic E-state index is 0.401. The zero-order valence-corrected chi connectivity index (χ0v) is 17.7. The van der Waals surface area contributed by atoms with E-state index in [0.717, 1.165) is 12.3 Å². The van der Waals surface area contributed by atoms with Crippen molar-refractivity contribution in [3.05, 3.63) is 83.9 Å². The van der Waals surface area contributed by atoms with Gasteiger partial charge in [0.1, 0.15) is 0 Å². The third-order valence-corrected chi connectivity index (χ3v) is 6.72. The largest absolute Gasteiger partial charge is 0.293 e. The van der Waals surface area contributed by atoms with Crippen LogP contribution in [0.25, 0.3) is 10.8 Å². The summed E-state index contributed by atoms with van der Waals surface area (Å²) in [6, 6.07) is 27.7. The van der Waals surface area contributed by atoms with E-state index in [0.29, 0.717) is 18.0 Å². The first kappa shape index (κ1) is 19.5. The number of thiol groups is 1. The smallest absolute Gasteiger partial charge is 0.0329 e. The molecular formula is C26H31NS.